The molecule has 1 fully saturated rings. The van der Waals surface area contributed by atoms with Gasteiger partial charge in [-0.1, -0.05) is 18.2 Å². The van der Waals surface area contributed by atoms with E-state index in [1.165, 1.54) is 0 Å². The fourth-order valence-electron chi connectivity index (χ4n) is 3.94. The standard InChI is InChI=1S/C25H30N4O4.ClH/c1-3-33-22(30)15-21(17-7-6-8-18(14-17)23(26)27)28-24(31)19-9-10-20(16(2)13-19)25(32)29-11-4-5-12-29;/h6-10,13-14,21H,3-5,11-12,15H2,1-2H3,(H3,26,27)(H,28,31);1H. The summed E-state index contributed by atoms with van der Waals surface area (Å²) in [4.78, 5) is 39.8. The molecule has 3 rings (SSSR count). The van der Waals surface area contributed by atoms with E-state index in [1.54, 1.807) is 49.4 Å². The molecular weight excluding hydrogens is 456 g/mol. The van der Waals surface area contributed by atoms with Gasteiger partial charge in [0, 0.05) is 29.8 Å². The number of carbonyl (C=O) groups is 3. The number of nitrogens with one attached hydrogen (secondary N) is 2. The fraction of sp³-hybridized carbons (Fsp3) is 0.360. The number of halogens is 1. The van der Waals surface area contributed by atoms with Crippen molar-refractivity contribution in [2.45, 2.75) is 39.2 Å². The Bertz CT molecular complexity index is 1070. The second-order valence-corrected chi connectivity index (χ2v) is 8.10. The maximum absolute atomic E-state index is 13.1. The van der Waals surface area contributed by atoms with Crippen LogP contribution in [0.5, 0.6) is 0 Å². The third-order valence-corrected chi connectivity index (χ3v) is 5.69. The second-order valence-electron chi connectivity index (χ2n) is 8.10. The van der Waals surface area contributed by atoms with Crippen LogP contribution in [0.25, 0.3) is 0 Å². The first-order chi connectivity index (χ1) is 15.8. The summed E-state index contributed by atoms with van der Waals surface area (Å²) in [6, 6.07) is 11.2. The van der Waals surface area contributed by atoms with E-state index >= 15 is 0 Å². The van der Waals surface area contributed by atoms with Crippen molar-refractivity contribution < 1.29 is 19.1 Å². The van der Waals surface area contributed by atoms with E-state index in [1.807, 2.05) is 11.8 Å². The van der Waals surface area contributed by atoms with Gasteiger partial charge in [0.05, 0.1) is 19.1 Å². The van der Waals surface area contributed by atoms with Crippen molar-refractivity contribution in [1.29, 1.82) is 5.41 Å². The minimum absolute atomic E-state index is 0. The molecule has 182 valence electrons. The number of likely N-dealkylation sites (tertiary alicyclic amines) is 1. The van der Waals surface area contributed by atoms with E-state index in [0.29, 0.717) is 22.3 Å². The summed E-state index contributed by atoms with van der Waals surface area (Å²) < 4.78 is 5.07. The summed E-state index contributed by atoms with van der Waals surface area (Å²) in [7, 11) is 0. The van der Waals surface area contributed by atoms with Gasteiger partial charge in [0.2, 0.25) is 0 Å². The third-order valence-electron chi connectivity index (χ3n) is 5.69. The van der Waals surface area contributed by atoms with E-state index in [0.717, 1.165) is 31.5 Å². The topological polar surface area (TPSA) is 126 Å². The smallest absolute Gasteiger partial charge is 0.308 e. The van der Waals surface area contributed by atoms with Crippen LogP contribution >= 0.6 is 12.4 Å². The van der Waals surface area contributed by atoms with Crippen LogP contribution in [0.3, 0.4) is 0 Å². The molecule has 0 aliphatic carbocycles. The Morgan fingerprint density at radius 2 is 1.82 bits per heavy atom. The second kappa shape index (κ2) is 12.2. The molecule has 1 atom stereocenters. The summed E-state index contributed by atoms with van der Waals surface area (Å²) in [5.74, 6) is -0.940. The molecule has 1 unspecified atom stereocenters. The van der Waals surface area contributed by atoms with Crippen LogP contribution in [0.2, 0.25) is 0 Å². The molecule has 1 heterocycles. The molecule has 1 aliphatic heterocycles. The van der Waals surface area contributed by atoms with E-state index in [-0.39, 0.29) is 43.1 Å². The lowest BCUT2D eigenvalue weighted by atomic mass is 9.99. The summed E-state index contributed by atoms with van der Waals surface area (Å²) in [5.41, 5.74) is 8.44. The third kappa shape index (κ3) is 6.57. The van der Waals surface area contributed by atoms with Crippen molar-refractivity contribution in [2.75, 3.05) is 19.7 Å². The Labute approximate surface area is 205 Å². The van der Waals surface area contributed by atoms with Crippen molar-refractivity contribution in [1.82, 2.24) is 10.2 Å². The largest absolute Gasteiger partial charge is 0.466 e. The first kappa shape index (κ1) is 26.9. The lowest BCUT2D eigenvalue weighted by molar-refractivity contribution is -0.143. The summed E-state index contributed by atoms with van der Waals surface area (Å²) >= 11 is 0. The van der Waals surface area contributed by atoms with Crippen LogP contribution in [0, 0.1) is 12.3 Å². The molecule has 0 radical (unpaired) electrons. The number of rotatable bonds is 8. The predicted octanol–water partition coefficient (Wildman–Crippen LogP) is 3.36. The van der Waals surface area contributed by atoms with Gasteiger partial charge >= 0.3 is 5.97 Å². The molecule has 34 heavy (non-hydrogen) atoms. The zero-order valence-corrected chi connectivity index (χ0v) is 20.2. The monoisotopic (exact) mass is 486 g/mol. The number of amidine groups is 1. The van der Waals surface area contributed by atoms with Gasteiger partial charge in [-0.15, -0.1) is 12.4 Å². The molecule has 4 N–H and O–H groups in total. The molecule has 1 saturated heterocycles. The number of nitrogen functional groups attached to an aromatic ring is 1. The Balaban J connectivity index is 0.00000408. The average Bonchev–Trinajstić information content (AvgIpc) is 3.33. The molecule has 1 aliphatic rings. The first-order valence-electron chi connectivity index (χ1n) is 11.1. The highest BCUT2D eigenvalue weighted by atomic mass is 35.5. The number of esters is 1. The highest BCUT2D eigenvalue weighted by Crippen LogP contribution is 2.21. The van der Waals surface area contributed by atoms with Crippen LogP contribution in [-0.2, 0) is 9.53 Å². The van der Waals surface area contributed by atoms with E-state index in [2.05, 4.69) is 5.32 Å². The molecule has 2 aromatic rings. The molecule has 0 saturated carbocycles. The van der Waals surface area contributed by atoms with Crippen molar-refractivity contribution >= 4 is 36.0 Å². The van der Waals surface area contributed by atoms with Crippen LogP contribution in [0.4, 0.5) is 0 Å². The molecule has 0 bridgehead atoms. The van der Waals surface area contributed by atoms with Crippen molar-refractivity contribution in [2.24, 2.45) is 5.73 Å². The molecule has 9 heteroatoms. The minimum Gasteiger partial charge on any atom is -0.466 e. The molecule has 0 spiro atoms. The highest BCUT2D eigenvalue weighted by Gasteiger charge is 2.23. The molecule has 0 aromatic heterocycles. The van der Waals surface area contributed by atoms with Crippen LogP contribution < -0.4 is 11.1 Å². The van der Waals surface area contributed by atoms with Gasteiger partial charge in [-0.05, 0) is 62.1 Å². The molecule has 2 amide bonds. The van der Waals surface area contributed by atoms with Gasteiger partial charge in [0.25, 0.3) is 11.8 Å². The van der Waals surface area contributed by atoms with Crippen LogP contribution in [-0.4, -0.2) is 48.2 Å². The van der Waals surface area contributed by atoms with Crippen LogP contribution in [0.1, 0.15) is 69.6 Å². The highest BCUT2D eigenvalue weighted by molar-refractivity contribution is 5.99. The number of benzene rings is 2. The summed E-state index contributed by atoms with van der Waals surface area (Å²) in [6.07, 6.45) is 1.96. The Morgan fingerprint density at radius 3 is 2.44 bits per heavy atom. The Hall–Kier alpha value is -3.39. The maximum atomic E-state index is 13.1. The Morgan fingerprint density at radius 1 is 1.12 bits per heavy atom. The van der Waals surface area contributed by atoms with Crippen molar-refractivity contribution in [3.05, 3.63) is 70.3 Å². The number of hydrogen-bond donors (Lipinski definition) is 3. The van der Waals surface area contributed by atoms with Crippen molar-refractivity contribution in [3.8, 4) is 0 Å². The number of ether oxygens (including phenoxy) is 1. The van der Waals surface area contributed by atoms with Gasteiger partial charge in [-0.25, -0.2) is 0 Å². The van der Waals surface area contributed by atoms with Gasteiger partial charge in [0.1, 0.15) is 5.84 Å². The van der Waals surface area contributed by atoms with Gasteiger partial charge in [0.15, 0.2) is 0 Å². The van der Waals surface area contributed by atoms with Gasteiger partial charge in [-0.2, -0.15) is 0 Å². The lowest BCUT2D eigenvalue weighted by Crippen LogP contribution is -2.31. The maximum Gasteiger partial charge on any atom is 0.308 e. The zero-order chi connectivity index (χ0) is 24.0. The number of aryl methyl sites for hydroxylation is 1. The van der Waals surface area contributed by atoms with Crippen molar-refractivity contribution in [3.63, 3.8) is 0 Å². The SMILES string of the molecule is CCOC(=O)CC(NC(=O)c1ccc(C(=O)N2CCCC2)c(C)c1)c1cccc(C(=N)N)c1.Cl. The molecule has 8 nitrogen and oxygen atoms in total. The normalized spacial score (nSPS) is 13.5. The number of carbonyl (C=O) groups excluding carboxylic acids is 3. The quantitative estimate of drug-likeness (QED) is 0.299. The van der Waals surface area contributed by atoms with Gasteiger partial charge in [-0.3, -0.25) is 19.8 Å². The number of hydrogen-bond acceptors (Lipinski definition) is 5. The van der Waals surface area contributed by atoms with Gasteiger partial charge < -0.3 is 20.7 Å². The van der Waals surface area contributed by atoms with E-state index < -0.39 is 12.0 Å². The summed E-state index contributed by atoms with van der Waals surface area (Å²) in [6.45, 7) is 5.28. The lowest BCUT2D eigenvalue weighted by Gasteiger charge is -2.20. The molecule has 2 aromatic carbocycles. The number of nitrogens with two attached hydrogens (primary N) is 1. The van der Waals surface area contributed by atoms with E-state index in [4.69, 9.17) is 15.9 Å². The van der Waals surface area contributed by atoms with Crippen LogP contribution in [0.15, 0.2) is 42.5 Å². The Kier molecular flexibility index (Phi) is 9.62. The number of nitrogens with zero attached hydrogens (tertiary/aromatic N) is 1. The van der Waals surface area contributed by atoms with E-state index in [9.17, 15) is 14.4 Å². The summed E-state index contributed by atoms with van der Waals surface area (Å²) in [5, 5.41) is 10.6. The fourth-order valence-corrected chi connectivity index (χ4v) is 3.94. The average molecular weight is 487 g/mol. The zero-order valence-electron chi connectivity index (χ0n) is 19.4. The molecular formula is C25H31ClN4O4. The number of amides is 2. The first-order valence-corrected chi connectivity index (χ1v) is 11.1. The predicted molar refractivity (Wildman–Crippen MR) is 132 cm³/mol. The minimum atomic E-state index is -0.665.